The number of rotatable bonds is 9. The number of nitrogens with one attached hydrogen (secondary N) is 1. The lowest BCUT2D eigenvalue weighted by Crippen LogP contribution is -2.41. The van der Waals surface area contributed by atoms with E-state index in [0.717, 1.165) is 24.2 Å². The number of likely N-dealkylation sites (N-methyl/N-ethyl adjacent to an activating group) is 2. The fourth-order valence-electron chi connectivity index (χ4n) is 4.41. The first kappa shape index (κ1) is 28.7. The summed E-state index contributed by atoms with van der Waals surface area (Å²) in [7, 11) is 5.72. The average molecular weight is 549 g/mol. The van der Waals surface area contributed by atoms with Crippen LogP contribution in [0.4, 0.5) is 17.6 Å². The van der Waals surface area contributed by atoms with Crippen LogP contribution in [0.15, 0.2) is 36.4 Å². The molecule has 0 aromatic heterocycles. The van der Waals surface area contributed by atoms with Crippen LogP contribution in [0.1, 0.15) is 22.6 Å². The lowest BCUT2D eigenvalue weighted by molar-refractivity contribution is -0.140. The van der Waals surface area contributed by atoms with E-state index in [-0.39, 0.29) is 31.0 Å². The Bertz CT molecular complexity index is 1070. The number of alkyl halides is 3. The van der Waals surface area contributed by atoms with Gasteiger partial charge in [0.2, 0.25) is 5.91 Å². The van der Waals surface area contributed by atoms with Crippen molar-refractivity contribution in [1.82, 2.24) is 20.0 Å². The summed E-state index contributed by atoms with van der Waals surface area (Å²) in [6, 6.07) is 8.13. The molecule has 1 N–H and O–H groups in total. The zero-order chi connectivity index (χ0) is 26.6. The van der Waals surface area contributed by atoms with Crippen LogP contribution < -0.4 is 5.32 Å². The Labute approximate surface area is 218 Å². The minimum Gasteiger partial charge on any atom is -0.339 e. The van der Waals surface area contributed by atoms with Gasteiger partial charge in [0.05, 0.1) is 22.2 Å². The SMILES string of the molecule is CN(C)CCNCC(=O)N1CC(N(C)Cc2ccc(C(F)(F)F)c(F)c2)[C@@H](c2ccc(Cl)c(Cl)c2)C1. The van der Waals surface area contributed by atoms with E-state index in [1.165, 1.54) is 6.07 Å². The van der Waals surface area contributed by atoms with Crippen molar-refractivity contribution in [3.8, 4) is 0 Å². The summed E-state index contributed by atoms with van der Waals surface area (Å²) >= 11 is 12.3. The van der Waals surface area contributed by atoms with Crippen LogP contribution in [-0.4, -0.2) is 80.5 Å². The Kier molecular flexibility index (Phi) is 9.62. The maximum Gasteiger partial charge on any atom is 0.419 e. The third kappa shape index (κ3) is 7.32. The van der Waals surface area contributed by atoms with E-state index in [9.17, 15) is 22.4 Å². The van der Waals surface area contributed by atoms with Crippen molar-refractivity contribution in [2.75, 3.05) is 53.9 Å². The van der Waals surface area contributed by atoms with Crippen molar-refractivity contribution in [1.29, 1.82) is 0 Å². The van der Waals surface area contributed by atoms with Crippen LogP contribution in [0.3, 0.4) is 0 Å². The van der Waals surface area contributed by atoms with Gasteiger partial charge in [-0.05, 0) is 56.5 Å². The lowest BCUT2D eigenvalue weighted by Gasteiger charge is -2.29. The predicted molar refractivity (Wildman–Crippen MR) is 134 cm³/mol. The van der Waals surface area contributed by atoms with Crippen molar-refractivity contribution in [2.24, 2.45) is 0 Å². The monoisotopic (exact) mass is 548 g/mol. The molecule has 0 spiro atoms. The van der Waals surface area contributed by atoms with Crippen molar-refractivity contribution in [3.05, 3.63) is 69.0 Å². The molecule has 3 rings (SSSR count). The highest BCUT2D eigenvalue weighted by molar-refractivity contribution is 6.42. The van der Waals surface area contributed by atoms with Crippen molar-refractivity contribution >= 4 is 29.1 Å². The topological polar surface area (TPSA) is 38.8 Å². The number of hydrogen-bond donors (Lipinski definition) is 1. The van der Waals surface area contributed by atoms with E-state index >= 15 is 0 Å². The molecule has 1 fully saturated rings. The summed E-state index contributed by atoms with van der Waals surface area (Å²) in [4.78, 5) is 18.6. The van der Waals surface area contributed by atoms with E-state index in [0.29, 0.717) is 35.2 Å². The number of benzene rings is 2. The van der Waals surface area contributed by atoms with Gasteiger partial charge in [0.1, 0.15) is 5.82 Å². The standard InChI is InChI=1S/C25H30Cl2F4N4O/c1-33(2)9-8-32-12-24(36)35-14-18(17-5-7-20(26)21(27)11-17)23(15-35)34(3)13-16-4-6-19(22(28)10-16)25(29,30)31/h4-7,10-11,18,23,32H,8-9,12-15H2,1-3H3/t18-,23?/m1/s1. The normalized spacial score (nSPS) is 18.5. The van der Waals surface area contributed by atoms with E-state index < -0.39 is 17.6 Å². The molecule has 1 unspecified atom stereocenters. The fraction of sp³-hybridized carbons (Fsp3) is 0.480. The van der Waals surface area contributed by atoms with Gasteiger partial charge in [0, 0.05) is 44.7 Å². The Hall–Kier alpha value is -1.91. The second-order valence-corrected chi connectivity index (χ2v) is 10.2. The van der Waals surface area contributed by atoms with E-state index in [1.807, 2.05) is 37.0 Å². The first-order valence-corrected chi connectivity index (χ1v) is 12.3. The number of carbonyl (C=O) groups is 1. The molecule has 0 aliphatic carbocycles. The van der Waals surface area contributed by atoms with Gasteiger partial charge >= 0.3 is 6.18 Å². The molecule has 2 aromatic carbocycles. The summed E-state index contributed by atoms with van der Waals surface area (Å²) in [5, 5.41) is 3.97. The summed E-state index contributed by atoms with van der Waals surface area (Å²) in [6.45, 7) is 2.74. The molecule has 1 saturated heterocycles. The van der Waals surface area contributed by atoms with Gasteiger partial charge in [-0.25, -0.2) is 4.39 Å². The second kappa shape index (κ2) is 12.1. The zero-order valence-electron chi connectivity index (χ0n) is 20.4. The first-order valence-electron chi connectivity index (χ1n) is 11.5. The molecule has 11 heteroatoms. The van der Waals surface area contributed by atoms with Gasteiger partial charge in [0.15, 0.2) is 0 Å². The predicted octanol–water partition coefficient (Wildman–Crippen LogP) is 4.73. The Balaban J connectivity index is 1.77. The average Bonchev–Trinajstić information content (AvgIpc) is 3.23. The summed E-state index contributed by atoms with van der Waals surface area (Å²) in [6.07, 6.45) is -4.75. The number of nitrogens with zero attached hydrogens (tertiary/aromatic N) is 3. The van der Waals surface area contributed by atoms with Crippen LogP contribution in [0, 0.1) is 5.82 Å². The minimum absolute atomic E-state index is 0.0460. The molecule has 2 atom stereocenters. The third-order valence-electron chi connectivity index (χ3n) is 6.36. The van der Waals surface area contributed by atoms with Crippen LogP contribution in [0.2, 0.25) is 10.0 Å². The van der Waals surface area contributed by atoms with E-state index in [1.54, 1.807) is 17.0 Å². The van der Waals surface area contributed by atoms with Crippen LogP contribution in [0.25, 0.3) is 0 Å². The highest BCUT2D eigenvalue weighted by Crippen LogP contribution is 2.35. The molecule has 198 valence electrons. The summed E-state index contributed by atoms with van der Waals surface area (Å²) < 4.78 is 53.0. The number of hydrogen-bond acceptors (Lipinski definition) is 4. The zero-order valence-corrected chi connectivity index (χ0v) is 21.9. The highest BCUT2D eigenvalue weighted by Gasteiger charge is 2.39. The maximum atomic E-state index is 14.1. The molecule has 0 saturated carbocycles. The second-order valence-electron chi connectivity index (χ2n) is 9.35. The number of halogens is 6. The Morgan fingerprint density at radius 1 is 1.08 bits per heavy atom. The molecule has 0 radical (unpaired) electrons. The number of amides is 1. The van der Waals surface area contributed by atoms with Gasteiger partial charge in [-0.15, -0.1) is 0 Å². The molecule has 2 aromatic rings. The van der Waals surface area contributed by atoms with Crippen LogP contribution in [0.5, 0.6) is 0 Å². The molecule has 0 bridgehead atoms. The number of carbonyl (C=O) groups excluding carboxylic acids is 1. The largest absolute Gasteiger partial charge is 0.419 e. The minimum atomic E-state index is -4.75. The molecular weight excluding hydrogens is 519 g/mol. The summed E-state index contributed by atoms with van der Waals surface area (Å²) in [5.41, 5.74) is 0.0173. The van der Waals surface area contributed by atoms with Gasteiger partial charge in [0.25, 0.3) is 0 Å². The van der Waals surface area contributed by atoms with Crippen LogP contribution in [-0.2, 0) is 17.5 Å². The van der Waals surface area contributed by atoms with E-state index in [4.69, 9.17) is 23.2 Å². The highest BCUT2D eigenvalue weighted by atomic mass is 35.5. The first-order chi connectivity index (χ1) is 16.9. The van der Waals surface area contributed by atoms with E-state index in [2.05, 4.69) is 5.32 Å². The summed E-state index contributed by atoms with van der Waals surface area (Å²) in [5.74, 6) is -1.47. The van der Waals surface area contributed by atoms with Gasteiger partial charge in [-0.1, -0.05) is 35.3 Å². The maximum absolute atomic E-state index is 14.1. The lowest BCUT2D eigenvalue weighted by atomic mass is 9.93. The molecule has 1 amide bonds. The Morgan fingerprint density at radius 2 is 1.81 bits per heavy atom. The molecule has 36 heavy (non-hydrogen) atoms. The number of likely N-dealkylation sites (tertiary alicyclic amines) is 1. The Morgan fingerprint density at radius 3 is 2.42 bits per heavy atom. The van der Waals surface area contributed by atoms with Crippen LogP contribution >= 0.6 is 23.2 Å². The van der Waals surface area contributed by atoms with Crippen molar-refractivity contribution < 1.29 is 22.4 Å². The molecule has 1 aliphatic rings. The molecule has 1 heterocycles. The van der Waals surface area contributed by atoms with Crippen molar-refractivity contribution in [2.45, 2.75) is 24.7 Å². The molecule has 5 nitrogen and oxygen atoms in total. The quantitative estimate of drug-likeness (QED) is 0.363. The molecular formula is C25H30Cl2F4N4O. The van der Waals surface area contributed by atoms with Gasteiger partial charge < -0.3 is 15.1 Å². The fourth-order valence-corrected chi connectivity index (χ4v) is 4.72. The molecule has 1 aliphatic heterocycles. The van der Waals surface area contributed by atoms with Gasteiger partial charge in [-0.3, -0.25) is 9.69 Å². The third-order valence-corrected chi connectivity index (χ3v) is 7.10. The van der Waals surface area contributed by atoms with Gasteiger partial charge in [-0.2, -0.15) is 13.2 Å². The van der Waals surface area contributed by atoms with Crippen molar-refractivity contribution in [3.63, 3.8) is 0 Å². The smallest absolute Gasteiger partial charge is 0.339 e.